The fraction of sp³-hybridized carbons (Fsp3) is 0.259. The van der Waals surface area contributed by atoms with Gasteiger partial charge in [0.2, 0.25) is 0 Å². The van der Waals surface area contributed by atoms with E-state index in [1.165, 1.54) is 6.07 Å². The minimum absolute atomic E-state index is 0.00211. The number of fused-ring (bicyclic) bond motifs is 1. The number of anilines is 2. The quantitative estimate of drug-likeness (QED) is 0.379. The molecule has 1 atom stereocenters. The molecule has 2 saturated heterocycles. The molecular formula is C27H20ClF5N4O2. The van der Waals surface area contributed by atoms with Gasteiger partial charge in [-0.05, 0) is 61.5 Å². The molecule has 2 amide bonds. The molecule has 0 saturated carbocycles. The molecule has 12 heteroatoms. The van der Waals surface area contributed by atoms with Gasteiger partial charge in [0, 0.05) is 51.7 Å². The largest absolute Gasteiger partial charge is 0.416 e. The van der Waals surface area contributed by atoms with E-state index in [1.54, 1.807) is 12.1 Å². The van der Waals surface area contributed by atoms with E-state index in [2.05, 4.69) is 16.0 Å². The lowest BCUT2D eigenvalue weighted by atomic mass is 9.80. The third kappa shape index (κ3) is 4.49. The Morgan fingerprint density at radius 2 is 1.79 bits per heavy atom. The van der Waals surface area contributed by atoms with Gasteiger partial charge in [-0.25, -0.2) is 8.78 Å². The third-order valence-corrected chi connectivity index (χ3v) is 7.78. The number of rotatable bonds is 4. The molecule has 1 spiro atoms. The van der Waals surface area contributed by atoms with E-state index in [-0.39, 0.29) is 32.9 Å². The van der Waals surface area contributed by atoms with Crippen molar-refractivity contribution in [3.05, 3.63) is 93.0 Å². The molecule has 202 valence electrons. The van der Waals surface area contributed by atoms with Crippen LogP contribution in [0.3, 0.4) is 0 Å². The summed E-state index contributed by atoms with van der Waals surface area (Å²) >= 11 is 6.32. The summed E-state index contributed by atoms with van der Waals surface area (Å²) in [5.41, 5.74) is -0.444. The number of benzene rings is 3. The molecule has 39 heavy (non-hydrogen) atoms. The van der Waals surface area contributed by atoms with Crippen molar-refractivity contribution in [3.63, 3.8) is 0 Å². The average molecular weight is 563 g/mol. The highest BCUT2D eigenvalue weighted by atomic mass is 35.5. The number of halogens is 6. The van der Waals surface area contributed by atoms with Crippen molar-refractivity contribution < 1.29 is 31.5 Å². The molecule has 0 aliphatic carbocycles. The predicted molar refractivity (Wildman–Crippen MR) is 134 cm³/mol. The fourth-order valence-electron chi connectivity index (χ4n) is 5.37. The SMILES string of the molecule is O=C(Nc1cc(N2CC3(CCN3)C2)cc2c1C(c1cc(F)ccc1Cl)NC2=O)c1cc(F)cc(C(F)(F)F)c1. The molecule has 1 unspecified atom stereocenters. The number of amides is 2. The first-order valence-electron chi connectivity index (χ1n) is 12.1. The van der Waals surface area contributed by atoms with Crippen molar-refractivity contribution in [1.82, 2.24) is 10.6 Å². The number of nitrogens with one attached hydrogen (secondary N) is 3. The van der Waals surface area contributed by atoms with E-state index in [9.17, 15) is 31.5 Å². The number of hydrogen-bond acceptors (Lipinski definition) is 4. The van der Waals surface area contributed by atoms with Gasteiger partial charge in [-0.2, -0.15) is 13.2 Å². The monoisotopic (exact) mass is 562 g/mol. The van der Waals surface area contributed by atoms with Crippen LogP contribution in [0.25, 0.3) is 0 Å². The Morgan fingerprint density at radius 3 is 2.46 bits per heavy atom. The second kappa shape index (κ2) is 8.92. The predicted octanol–water partition coefficient (Wildman–Crippen LogP) is 5.27. The Balaban J connectivity index is 1.43. The van der Waals surface area contributed by atoms with Crippen LogP contribution in [-0.4, -0.2) is 37.0 Å². The summed E-state index contributed by atoms with van der Waals surface area (Å²) in [7, 11) is 0. The number of nitrogens with zero attached hydrogens (tertiary/aromatic N) is 1. The summed E-state index contributed by atoms with van der Waals surface area (Å²) in [6.07, 6.45) is -3.86. The van der Waals surface area contributed by atoms with E-state index in [0.29, 0.717) is 37.0 Å². The van der Waals surface area contributed by atoms with Crippen LogP contribution in [0.4, 0.5) is 33.3 Å². The minimum Gasteiger partial charge on any atom is -0.368 e. The van der Waals surface area contributed by atoms with Crippen LogP contribution >= 0.6 is 11.6 Å². The van der Waals surface area contributed by atoms with Crippen LogP contribution in [0.2, 0.25) is 5.02 Å². The smallest absolute Gasteiger partial charge is 0.368 e. The highest BCUT2D eigenvalue weighted by Crippen LogP contribution is 2.44. The zero-order valence-electron chi connectivity index (χ0n) is 20.1. The highest BCUT2D eigenvalue weighted by molar-refractivity contribution is 6.31. The number of hydrogen-bond donors (Lipinski definition) is 3. The molecule has 3 aromatic carbocycles. The van der Waals surface area contributed by atoms with Gasteiger partial charge in [-0.3, -0.25) is 9.59 Å². The van der Waals surface area contributed by atoms with E-state index < -0.39 is 46.8 Å². The lowest BCUT2D eigenvalue weighted by molar-refractivity contribution is -0.137. The number of carbonyl (C=O) groups is 2. The zero-order chi connectivity index (χ0) is 27.7. The normalized spacial score (nSPS) is 19.3. The molecule has 6 rings (SSSR count). The van der Waals surface area contributed by atoms with Crippen molar-refractivity contribution in [3.8, 4) is 0 Å². The van der Waals surface area contributed by atoms with E-state index >= 15 is 0 Å². The molecule has 3 aliphatic heterocycles. The van der Waals surface area contributed by atoms with Gasteiger partial charge in [0.25, 0.3) is 11.8 Å². The molecule has 2 fully saturated rings. The molecule has 3 aliphatic rings. The highest BCUT2D eigenvalue weighted by Gasteiger charge is 2.48. The standard InChI is InChI=1S/C27H20ClF5N4O2/c28-20-2-1-15(29)8-18(20)23-22-19(25(39)36-23)9-17(37-11-26(12-37)3-4-34-26)10-21(22)35-24(38)13-5-14(27(31,32)33)7-16(30)6-13/h1-2,5-10,23,34H,3-4,11-12H2,(H,35,38)(H,36,39). The number of alkyl halides is 3. The maximum atomic E-state index is 14.1. The summed E-state index contributed by atoms with van der Waals surface area (Å²) < 4.78 is 67.9. The second-order valence-corrected chi connectivity index (χ2v) is 10.4. The van der Waals surface area contributed by atoms with Crippen molar-refractivity contribution in [2.75, 3.05) is 29.9 Å². The van der Waals surface area contributed by atoms with E-state index in [1.807, 2.05) is 4.90 Å². The van der Waals surface area contributed by atoms with Gasteiger partial charge in [0.05, 0.1) is 17.1 Å². The van der Waals surface area contributed by atoms with Crippen LogP contribution in [0.5, 0.6) is 0 Å². The van der Waals surface area contributed by atoms with Crippen molar-refractivity contribution in [2.24, 2.45) is 0 Å². The van der Waals surface area contributed by atoms with Gasteiger partial charge < -0.3 is 20.9 Å². The Kier molecular flexibility index (Phi) is 5.85. The summed E-state index contributed by atoms with van der Waals surface area (Å²) in [6, 6.07) is 7.50. The van der Waals surface area contributed by atoms with Crippen molar-refractivity contribution >= 4 is 34.8 Å². The minimum atomic E-state index is -4.86. The van der Waals surface area contributed by atoms with Crippen LogP contribution < -0.4 is 20.9 Å². The lowest BCUT2D eigenvalue weighted by Gasteiger charge is -2.57. The van der Waals surface area contributed by atoms with E-state index in [0.717, 1.165) is 25.1 Å². The maximum Gasteiger partial charge on any atom is 0.416 e. The zero-order valence-corrected chi connectivity index (χ0v) is 20.8. The summed E-state index contributed by atoms with van der Waals surface area (Å²) in [6.45, 7) is 2.24. The Bertz CT molecular complexity index is 1530. The molecule has 0 aromatic heterocycles. The van der Waals surface area contributed by atoms with Gasteiger partial charge in [0.15, 0.2) is 0 Å². The van der Waals surface area contributed by atoms with Gasteiger partial charge in [-0.15, -0.1) is 0 Å². The Labute approximate surface area is 224 Å². The molecule has 3 N–H and O–H groups in total. The third-order valence-electron chi connectivity index (χ3n) is 7.43. The fourth-order valence-corrected chi connectivity index (χ4v) is 5.59. The van der Waals surface area contributed by atoms with Gasteiger partial charge in [0.1, 0.15) is 11.6 Å². The molecule has 0 bridgehead atoms. The first kappa shape index (κ1) is 25.6. The number of carbonyl (C=O) groups excluding carboxylic acids is 2. The van der Waals surface area contributed by atoms with Crippen molar-refractivity contribution in [1.29, 1.82) is 0 Å². The maximum absolute atomic E-state index is 14.1. The van der Waals surface area contributed by atoms with Crippen molar-refractivity contribution in [2.45, 2.75) is 24.2 Å². The lowest BCUT2D eigenvalue weighted by Crippen LogP contribution is -2.75. The molecule has 6 nitrogen and oxygen atoms in total. The second-order valence-electron chi connectivity index (χ2n) is 10.0. The van der Waals surface area contributed by atoms with Crippen LogP contribution in [-0.2, 0) is 6.18 Å². The van der Waals surface area contributed by atoms with E-state index in [4.69, 9.17) is 11.6 Å². The summed E-state index contributed by atoms with van der Waals surface area (Å²) in [5.74, 6) is -3.33. The Morgan fingerprint density at radius 1 is 1.05 bits per heavy atom. The van der Waals surface area contributed by atoms with Crippen LogP contribution in [0, 0.1) is 11.6 Å². The first-order valence-corrected chi connectivity index (χ1v) is 12.4. The molecule has 0 radical (unpaired) electrons. The van der Waals surface area contributed by atoms with Crippen LogP contribution in [0.15, 0.2) is 48.5 Å². The molecule has 3 heterocycles. The molecular weight excluding hydrogens is 543 g/mol. The van der Waals surface area contributed by atoms with Crippen LogP contribution in [0.1, 0.15) is 49.9 Å². The Hall–Kier alpha value is -3.70. The van der Waals surface area contributed by atoms with Gasteiger partial charge in [-0.1, -0.05) is 11.6 Å². The molecule has 3 aromatic rings. The summed E-state index contributed by atoms with van der Waals surface area (Å²) in [4.78, 5) is 28.2. The topological polar surface area (TPSA) is 73.5 Å². The van der Waals surface area contributed by atoms with Gasteiger partial charge >= 0.3 is 6.18 Å². The average Bonchev–Trinajstić information content (AvgIpc) is 3.14. The summed E-state index contributed by atoms with van der Waals surface area (Å²) in [5, 5.41) is 8.87. The first-order chi connectivity index (χ1) is 18.4.